The third kappa shape index (κ3) is 3.96. The average molecular weight is 451 g/mol. The highest BCUT2D eigenvalue weighted by Gasteiger charge is 2.31. The number of piperazine rings is 1. The van der Waals surface area contributed by atoms with E-state index in [4.69, 9.17) is 0 Å². The summed E-state index contributed by atoms with van der Waals surface area (Å²) in [6.07, 6.45) is 4.01. The van der Waals surface area contributed by atoms with E-state index in [2.05, 4.69) is 9.88 Å². The van der Waals surface area contributed by atoms with Gasteiger partial charge in [0.2, 0.25) is 10.0 Å². The summed E-state index contributed by atoms with van der Waals surface area (Å²) < 4.78 is 27.8. The van der Waals surface area contributed by atoms with Crippen LogP contribution < -0.4 is 4.90 Å². The first kappa shape index (κ1) is 20.9. The number of amides is 1. The summed E-state index contributed by atoms with van der Waals surface area (Å²) in [6, 6.07) is 16.7. The van der Waals surface area contributed by atoms with E-state index in [1.54, 1.807) is 23.2 Å². The molecule has 2 aliphatic heterocycles. The second kappa shape index (κ2) is 8.52. The van der Waals surface area contributed by atoms with E-state index in [0.29, 0.717) is 18.8 Å². The third-order valence-electron chi connectivity index (χ3n) is 6.32. The molecule has 3 heterocycles. The molecule has 0 radical (unpaired) electrons. The van der Waals surface area contributed by atoms with E-state index < -0.39 is 10.0 Å². The third-order valence-corrected chi connectivity index (χ3v) is 8.21. The molecule has 0 N–H and O–H groups in total. The van der Waals surface area contributed by atoms with Gasteiger partial charge in [0, 0.05) is 51.2 Å². The summed E-state index contributed by atoms with van der Waals surface area (Å²) in [5, 5.41) is 1.90. The Hall–Kier alpha value is -2.97. The molecule has 2 saturated heterocycles. The van der Waals surface area contributed by atoms with Gasteiger partial charge in [-0.15, -0.1) is 0 Å². The lowest BCUT2D eigenvalue weighted by molar-refractivity contribution is 0.0692. The molecule has 0 unspecified atom stereocenters. The summed E-state index contributed by atoms with van der Waals surface area (Å²) in [5.74, 6) is -0.145. The van der Waals surface area contributed by atoms with Gasteiger partial charge >= 0.3 is 0 Å². The van der Waals surface area contributed by atoms with Crippen molar-refractivity contribution in [1.29, 1.82) is 0 Å². The van der Waals surface area contributed by atoms with Gasteiger partial charge in [-0.3, -0.25) is 9.78 Å². The van der Waals surface area contributed by atoms with Gasteiger partial charge in [-0.25, -0.2) is 8.42 Å². The number of benzene rings is 2. The van der Waals surface area contributed by atoms with Crippen LogP contribution in [0.4, 0.5) is 5.69 Å². The minimum absolute atomic E-state index is 0.145. The van der Waals surface area contributed by atoms with E-state index in [1.807, 2.05) is 42.5 Å². The van der Waals surface area contributed by atoms with Gasteiger partial charge in [0.15, 0.2) is 0 Å². The highest BCUT2D eigenvalue weighted by atomic mass is 32.2. The quantitative estimate of drug-likeness (QED) is 0.611. The molecule has 3 aromatic rings. The molecule has 7 nitrogen and oxygen atoms in total. The minimum Gasteiger partial charge on any atom is -0.371 e. The maximum absolute atomic E-state index is 13.2. The second-order valence-electron chi connectivity index (χ2n) is 8.30. The van der Waals surface area contributed by atoms with Crippen LogP contribution in [0, 0.1) is 0 Å². The first-order valence-electron chi connectivity index (χ1n) is 11.0. The molecule has 8 heteroatoms. The molecule has 2 fully saturated rings. The van der Waals surface area contributed by atoms with Crippen molar-refractivity contribution in [3.8, 4) is 0 Å². The van der Waals surface area contributed by atoms with Crippen molar-refractivity contribution in [1.82, 2.24) is 14.2 Å². The maximum atomic E-state index is 13.2. The van der Waals surface area contributed by atoms with Crippen molar-refractivity contribution in [2.75, 3.05) is 44.2 Å². The fraction of sp³-hybridized carbons (Fsp3) is 0.333. The molecule has 2 aliphatic rings. The summed E-state index contributed by atoms with van der Waals surface area (Å²) in [4.78, 5) is 21.6. The number of aromatic nitrogens is 1. The first-order valence-corrected chi connectivity index (χ1v) is 12.5. The molecule has 2 aromatic carbocycles. The molecular weight excluding hydrogens is 424 g/mol. The number of hydrogen-bond donors (Lipinski definition) is 0. The number of hydrogen-bond acceptors (Lipinski definition) is 5. The molecule has 1 amide bonds. The van der Waals surface area contributed by atoms with Crippen LogP contribution in [0.25, 0.3) is 10.8 Å². The second-order valence-corrected chi connectivity index (χ2v) is 10.2. The molecule has 166 valence electrons. The molecule has 1 aromatic heterocycles. The Labute approximate surface area is 188 Å². The smallest absolute Gasteiger partial charge is 0.272 e. The molecular formula is C24H26N4O3S. The van der Waals surface area contributed by atoms with Gasteiger partial charge in [0.05, 0.1) is 4.90 Å². The molecule has 0 aliphatic carbocycles. The average Bonchev–Trinajstić information content (AvgIpc) is 3.39. The van der Waals surface area contributed by atoms with Gasteiger partial charge in [0.1, 0.15) is 5.69 Å². The number of fused-ring (bicyclic) bond motifs is 1. The Morgan fingerprint density at radius 1 is 0.812 bits per heavy atom. The maximum Gasteiger partial charge on any atom is 0.272 e. The van der Waals surface area contributed by atoms with Crippen LogP contribution >= 0.6 is 0 Å². The van der Waals surface area contributed by atoms with Crippen LogP contribution in [0.1, 0.15) is 23.3 Å². The number of pyridine rings is 1. The summed E-state index contributed by atoms with van der Waals surface area (Å²) in [7, 11) is -3.61. The van der Waals surface area contributed by atoms with Gasteiger partial charge in [-0.1, -0.05) is 30.3 Å². The lowest BCUT2D eigenvalue weighted by Crippen LogP contribution is -2.50. The monoisotopic (exact) mass is 450 g/mol. The molecule has 0 spiro atoms. The summed E-state index contributed by atoms with van der Waals surface area (Å²) in [6.45, 7) is 3.24. The zero-order valence-electron chi connectivity index (χ0n) is 17.9. The summed E-state index contributed by atoms with van der Waals surface area (Å²) in [5.41, 5.74) is 1.44. The predicted molar refractivity (Wildman–Crippen MR) is 124 cm³/mol. The Morgan fingerprint density at radius 3 is 2.28 bits per heavy atom. The van der Waals surface area contributed by atoms with Gasteiger partial charge in [0.25, 0.3) is 5.91 Å². The number of nitrogens with zero attached hydrogens (tertiary/aromatic N) is 4. The van der Waals surface area contributed by atoms with Gasteiger partial charge in [-0.2, -0.15) is 4.31 Å². The van der Waals surface area contributed by atoms with E-state index in [-0.39, 0.29) is 23.9 Å². The standard InChI is InChI=1S/C24H26N4O3S/c29-24(23-18-21(9-10-25-23)26-11-3-4-12-26)27-13-15-28(16-14-27)32(30,31)22-8-7-19-5-1-2-6-20(19)17-22/h1-2,5-10,17-18H,3-4,11-16H2. The Bertz CT molecular complexity index is 1250. The van der Waals surface area contributed by atoms with Gasteiger partial charge in [-0.05, 0) is 47.9 Å². The molecule has 0 atom stereocenters. The number of anilines is 1. The molecule has 32 heavy (non-hydrogen) atoms. The normalized spacial score (nSPS) is 17.8. The van der Waals surface area contributed by atoms with Crippen molar-refractivity contribution in [2.24, 2.45) is 0 Å². The fourth-order valence-corrected chi connectivity index (χ4v) is 5.94. The van der Waals surface area contributed by atoms with Crippen LogP contribution in [0.3, 0.4) is 0 Å². The summed E-state index contributed by atoms with van der Waals surface area (Å²) >= 11 is 0. The molecule has 0 saturated carbocycles. The SMILES string of the molecule is O=C(c1cc(N2CCCC2)ccn1)N1CCN(S(=O)(=O)c2ccc3ccccc3c2)CC1. The van der Waals surface area contributed by atoms with Crippen LogP contribution in [0.2, 0.25) is 0 Å². The topological polar surface area (TPSA) is 73.8 Å². The number of carbonyl (C=O) groups is 1. The van der Waals surface area contributed by atoms with E-state index >= 15 is 0 Å². The van der Waals surface area contributed by atoms with Crippen molar-refractivity contribution < 1.29 is 13.2 Å². The van der Waals surface area contributed by atoms with Crippen molar-refractivity contribution in [3.05, 3.63) is 66.5 Å². The van der Waals surface area contributed by atoms with Crippen LogP contribution in [-0.2, 0) is 10.0 Å². The molecule has 5 rings (SSSR count). The highest BCUT2D eigenvalue weighted by Crippen LogP contribution is 2.24. The van der Waals surface area contributed by atoms with Crippen LogP contribution in [0.15, 0.2) is 65.7 Å². The van der Waals surface area contributed by atoms with Crippen molar-refractivity contribution in [3.63, 3.8) is 0 Å². The van der Waals surface area contributed by atoms with Gasteiger partial charge < -0.3 is 9.80 Å². The zero-order valence-corrected chi connectivity index (χ0v) is 18.7. The van der Waals surface area contributed by atoms with E-state index in [9.17, 15) is 13.2 Å². The number of carbonyl (C=O) groups excluding carboxylic acids is 1. The Balaban J connectivity index is 1.28. The minimum atomic E-state index is -3.61. The van der Waals surface area contributed by atoms with Crippen molar-refractivity contribution >= 4 is 32.4 Å². The largest absolute Gasteiger partial charge is 0.371 e. The zero-order chi connectivity index (χ0) is 22.1. The molecule has 0 bridgehead atoms. The Morgan fingerprint density at radius 2 is 1.53 bits per heavy atom. The van der Waals surface area contributed by atoms with Crippen molar-refractivity contribution in [2.45, 2.75) is 17.7 Å². The lowest BCUT2D eigenvalue weighted by atomic mass is 10.1. The fourth-order valence-electron chi connectivity index (χ4n) is 4.48. The lowest BCUT2D eigenvalue weighted by Gasteiger charge is -2.34. The number of sulfonamides is 1. The van der Waals surface area contributed by atoms with Crippen LogP contribution in [-0.4, -0.2) is 67.8 Å². The highest BCUT2D eigenvalue weighted by molar-refractivity contribution is 7.89. The van der Waals surface area contributed by atoms with Crippen LogP contribution in [0.5, 0.6) is 0 Å². The van der Waals surface area contributed by atoms with E-state index in [0.717, 1.165) is 29.5 Å². The van der Waals surface area contributed by atoms with E-state index in [1.165, 1.54) is 17.1 Å². The number of rotatable bonds is 4. The first-order chi connectivity index (χ1) is 15.5. The predicted octanol–water partition coefficient (Wildman–Crippen LogP) is 2.98. The Kier molecular flexibility index (Phi) is 5.57.